The van der Waals surface area contributed by atoms with E-state index in [0.29, 0.717) is 0 Å². The summed E-state index contributed by atoms with van der Waals surface area (Å²) in [7, 11) is 0. The van der Waals surface area contributed by atoms with Crippen molar-refractivity contribution in [3.63, 3.8) is 0 Å². The maximum atomic E-state index is 2.40. The molecule has 0 saturated heterocycles. The smallest absolute Gasteiger partial charge is 0.0541 e. The summed E-state index contributed by atoms with van der Waals surface area (Å²) in [5.41, 5.74) is 16.4. The molecule has 0 aliphatic rings. The van der Waals surface area contributed by atoms with Gasteiger partial charge in [0.15, 0.2) is 0 Å². The largest absolute Gasteiger partial charge is 0.311 e. The molecule has 264 valence electrons. The Morgan fingerprint density at radius 1 is 0.268 bits per heavy atom. The minimum absolute atomic E-state index is 1.09. The highest BCUT2D eigenvalue weighted by Gasteiger charge is 2.17. The van der Waals surface area contributed by atoms with E-state index in [0.717, 1.165) is 28.3 Å². The van der Waals surface area contributed by atoms with Crippen LogP contribution in [-0.4, -0.2) is 4.57 Å². The third kappa shape index (κ3) is 6.14. The van der Waals surface area contributed by atoms with Crippen LogP contribution in [0.4, 0.5) is 17.1 Å². The number of benzene rings is 9. The fourth-order valence-corrected chi connectivity index (χ4v) is 8.08. The van der Waals surface area contributed by atoms with Crippen molar-refractivity contribution in [1.29, 1.82) is 0 Å². The highest BCUT2D eigenvalue weighted by molar-refractivity contribution is 6.09. The van der Waals surface area contributed by atoms with Crippen LogP contribution < -0.4 is 4.90 Å². The van der Waals surface area contributed by atoms with Crippen molar-refractivity contribution in [2.45, 2.75) is 0 Å². The Morgan fingerprint density at radius 3 is 1.09 bits per heavy atom. The molecule has 0 atom stereocenters. The first-order valence-corrected chi connectivity index (χ1v) is 19.2. The van der Waals surface area contributed by atoms with Gasteiger partial charge in [0.1, 0.15) is 0 Å². The van der Waals surface area contributed by atoms with Crippen LogP contribution >= 0.6 is 0 Å². The van der Waals surface area contributed by atoms with Gasteiger partial charge in [0.25, 0.3) is 0 Å². The second-order valence-electron chi connectivity index (χ2n) is 14.2. The summed E-state index contributed by atoms with van der Waals surface area (Å²) in [6.07, 6.45) is 0. The van der Waals surface area contributed by atoms with E-state index in [1.165, 1.54) is 60.8 Å². The normalized spacial score (nSPS) is 11.2. The number of nitrogens with zero attached hydrogens (tertiary/aromatic N) is 2. The van der Waals surface area contributed by atoms with Gasteiger partial charge in [-0.05, 0) is 105 Å². The van der Waals surface area contributed by atoms with Crippen LogP contribution in [-0.2, 0) is 0 Å². The summed E-state index contributed by atoms with van der Waals surface area (Å²) in [6.45, 7) is 0. The van der Waals surface area contributed by atoms with Gasteiger partial charge in [-0.25, -0.2) is 0 Å². The Balaban J connectivity index is 1.09. The molecule has 0 radical (unpaired) electrons. The van der Waals surface area contributed by atoms with Crippen LogP contribution in [0.25, 0.3) is 72.0 Å². The van der Waals surface area contributed by atoms with E-state index >= 15 is 0 Å². The summed E-state index contributed by atoms with van der Waals surface area (Å²) in [5.74, 6) is 0. The van der Waals surface area contributed by atoms with Crippen LogP contribution in [0.1, 0.15) is 0 Å². The van der Waals surface area contributed by atoms with Crippen LogP contribution in [0.2, 0.25) is 0 Å². The highest BCUT2D eigenvalue weighted by atomic mass is 15.1. The lowest BCUT2D eigenvalue weighted by molar-refractivity contribution is 1.18. The van der Waals surface area contributed by atoms with Crippen molar-refractivity contribution in [2.24, 2.45) is 0 Å². The van der Waals surface area contributed by atoms with Gasteiger partial charge < -0.3 is 9.47 Å². The number of anilines is 3. The first kappa shape index (κ1) is 33.2. The number of hydrogen-bond acceptors (Lipinski definition) is 1. The van der Waals surface area contributed by atoms with Crippen LogP contribution in [0.5, 0.6) is 0 Å². The molecule has 1 aromatic heterocycles. The van der Waals surface area contributed by atoms with Crippen molar-refractivity contribution >= 4 is 38.9 Å². The number of fused-ring (bicyclic) bond motifs is 3. The Bertz CT molecular complexity index is 2770. The molecule has 0 saturated carbocycles. The van der Waals surface area contributed by atoms with Crippen LogP contribution in [0.3, 0.4) is 0 Å². The lowest BCUT2D eigenvalue weighted by Gasteiger charge is -2.26. The quantitative estimate of drug-likeness (QED) is 0.152. The summed E-state index contributed by atoms with van der Waals surface area (Å²) < 4.78 is 2.40. The first-order valence-electron chi connectivity index (χ1n) is 19.2. The molecule has 0 aliphatic heterocycles. The average Bonchev–Trinajstić information content (AvgIpc) is 3.62. The van der Waals surface area contributed by atoms with Gasteiger partial charge in [0, 0.05) is 33.5 Å². The van der Waals surface area contributed by atoms with E-state index in [1.807, 2.05) is 0 Å². The maximum absolute atomic E-state index is 2.40. The number of rotatable bonds is 8. The fourth-order valence-electron chi connectivity index (χ4n) is 8.08. The molecule has 0 spiro atoms. The first-order chi connectivity index (χ1) is 27.8. The SMILES string of the molecule is c1ccc(-c2ccc(N(c3ccc(-c4ccccc4)cc3)c3ccc(-c4cc(-n5c6ccccc6c6ccccc65)ccc4-c4ccccc4)cc3)cc2)cc1. The number of para-hydroxylation sites is 2. The van der Waals surface area contributed by atoms with Crippen molar-refractivity contribution in [1.82, 2.24) is 4.57 Å². The van der Waals surface area contributed by atoms with Gasteiger partial charge in [0.2, 0.25) is 0 Å². The van der Waals surface area contributed by atoms with Gasteiger partial charge in [-0.1, -0.05) is 170 Å². The minimum Gasteiger partial charge on any atom is -0.311 e. The van der Waals surface area contributed by atoms with E-state index in [-0.39, 0.29) is 0 Å². The minimum atomic E-state index is 1.09. The fraction of sp³-hybridized carbons (Fsp3) is 0. The van der Waals surface area contributed by atoms with E-state index in [1.54, 1.807) is 0 Å². The predicted molar refractivity (Wildman–Crippen MR) is 237 cm³/mol. The zero-order chi connectivity index (χ0) is 37.3. The van der Waals surface area contributed by atoms with Gasteiger partial charge in [0.05, 0.1) is 11.0 Å². The molecule has 0 aliphatic carbocycles. The molecule has 0 amide bonds. The molecular weight excluding hydrogens is 677 g/mol. The van der Waals surface area contributed by atoms with E-state index in [2.05, 4.69) is 240 Å². The second-order valence-corrected chi connectivity index (χ2v) is 14.2. The zero-order valence-corrected chi connectivity index (χ0v) is 30.8. The Hall–Kier alpha value is -7.42. The Labute approximate surface area is 327 Å². The zero-order valence-electron chi connectivity index (χ0n) is 30.8. The molecule has 0 unspecified atom stereocenters. The van der Waals surface area contributed by atoms with Gasteiger partial charge in [-0.3, -0.25) is 0 Å². The monoisotopic (exact) mass is 714 g/mol. The van der Waals surface area contributed by atoms with E-state index in [4.69, 9.17) is 0 Å². The van der Waals surface area contributed by atoms with Crippen LogP contribution in [0.15, 0.2) is 231 Å². The molecule has 0 fully saturated rings. The average molecular weight is 715 g/mol. The molecule has 1 heterocycles. The second kappa shape index (κ2) is 14.4. The van der Waals surface area contributed by atoms with Crippen molar-refractivity contribution in [2.75, 3.05) is 4.90 Å². The topological polar surface area (TPSA) is 8.17 Å². The van der Waals surface area contributed by atoms with E-state index < -0.39 is 0 Å². The predicted octanol–water partition coefficient (Wildman–Crippen LogP) is 14.9. The molecular formula is C54H38N2. The van der Waals surface area contributed by atoms with Gasteiger partial charge in [-0.2, -0.15) is 0 Å². The molecule has 0 bridgehead atoms. The third-order valence-electron chi connectivity index (χ3n) is 10.8. The summed E-state index contributed by atoms with van der Waals surface area (Å²) in [4.78, 5) is 2.35. The van der Waals surface area contributed by atoms with Crippen LogP contribution in [0, 0.1) is 0 Å². The Morgan fingerprint density at radius 2 is 0.625 bits per heavy atom. The summed E-state index contributed by atoms with van der Waals surface area (Å²) in [5, 5.41) is 2.52. The maximum Gasteiger partial charge on any atom is 0.0541 e. The van der Waals surface area contributed by atoms with Gasteiger partial charge in [-0.15, -0.1) is 0 Å². The lowest BCUT2D eigenvalue weighted by Crippen LogP contribution is -2.09. The van der Waals surface area contributed by atoms with Crippen molar-refractivity contribution in [3.8, 4) is 50.2 Å². The molecule has 10 aromatic rings. The van der Waals surface area contributed by atoms with Gasteiger partial charge >= 0.3 is 0 Å². The summed E-state index contributed by atoms with van der Waals surface area (Å²) >= 11 is 0. The Kier molecular flexibility index (Phi) is 8.55. The number of hydrogen-bond donors (Lipinski definition) is 0. The van der Waals surface area contributed by atoms with E-state index in [9.17, 15) is 0 Å². The molecule has 9 aromatic carbocycles. The third-order valence-corrected chi connectivity index (χ3v) is 10.8. The van der Waals surface area contributed by atoms with Crippen molar-refractivity contribution < 1.29 is 0 Å². The molecule has 56 heavy (non-hydrogen) atoms. The molecule has 2 heteroatoms. The number of aromatic nitrogens is 1. The molecule has 10 rings (SSSR count). The summed E-state index contributed by atoms with van der Waals surface area (Å²) in [6, 6.07) is 83.0. The highest BCUT2D eigenvalue weighted by Crippen LogP contribution is 2.41. The molecule has 0 N–H and O–H groups in total. The lowest BCUT2D eigenvalue weighted by atomic mass is 9.93. The molecule has 2 nitrogen and oxygen atoms in total. The standard InChI is InChI=1S/C54H38N2/c1-4-14-39(15-5-1)41-24-30-45(31-25-41)55(46-32-26-42(27-33-46)40-16-6-2-7-17-40)47-34-28-44(29-35-47)52-38-48(36-37-49(52)43-18-8-3-9-19-43)56-53-22-12-10-20-50(53)51-21-11-13-23-54(51)56/h1-38H. The van der Waals surface area contributed by atoms with Crippen molar-refractivity contribution in [3.05, 3.63) is 231 Å².